The van der Waals surface area contributed by atoms with Crippen LogP contribution >= 0.6 is 0 Å². The van der Waals surface area contributed by atoms with Crippen LogP contribution in [0, 0.1) is 12.1 Å². The Morgan fingerprint density at radius 3 is 0.864 bits per heavy atom. The van der Waals surface area contributed by atoms with Crippen molar-refractivity contribution in [1.29, 1.82) is 0 Å². The van der Waals surface area contributed by atoms with E-state index in [9.17, 15) is 0 Å². The fourth-order valence-corrected chi connectivity index (χ4v) is 14.1. The van der Waals surface area contributed by atoms with Gasteiger partial charge in [0.2, 0.25) is 24.8 Å². The largest absolute Gasteiger partial charge is 2.00 e. The number of fused-ring (bicyclic) bond motifs is 12. The Morgan fingerprint density at radius 2 is 0.602 bits per heavy atom. The summed E-state index contributed by atoms with van der Waals surface area (Å²) in [7, 11) is 3.93. The standard InChI is InChI=1S/2C35H22N8.2Pt/c2*1-42-19-20-43(22-42)35(32-27(11-5-16-38-32)28-12-6-17-39-33(28)35)24-8-2-7-23(21-24)34(29-13-18-40-41-29)30-25(9-3-14-36-30)26-10-4-15-37-31(26)34;;/h2*2-20H,1H3;;/q;;2*+2. The molecule has 0 atom stereocenters. The quantitative estimate of drug-likeness (QED) is 0.105. The maximum absolute atomic E-state index is 5.00. The van der Waals surface area contributed by atoms with Crippen molar-refractivity contribution in [3.63, 3.8) is 0 Å². The molecule has 0 unspecified atom stereocenters. The molecule has 0 spiro atoms. The molecular formula is C70H44N16Pt2+4. The Bertz CT molecular complexity index is 4560. The predicted molar refractivity (Wildman–Crippen MR) is 314 cm³/mol. The van der Waals surface area contributed by atoms with E-state index in [0.717, 1.165) is 124 Å². The molecule has 10 aromatic heterocycles. The molecule has 88 heavy (non-hydrogen) atoms. The molecule has 0 N–H and O–H groups in total. The summed E-state index contributed by atoms with van der Waals surface area (Å²) in [5, 5.41) is 17.8. The molecule has 2 aromatic carbocycles. The zero-order valence-electron chi connectivity index (χ0n) is 46.7. The molecule has 420 valence electrons. The van der Waals surface area contributed by atoms with Crippen LogP contribution in [0.3, 0.4) is 0 Å². The summed E-state index contributed by atoms with van der Waals surface area (Å²) in [6.45, 7) is 0. The van der Waals surface area contributed by atoms with Crippen molar-refractivity contribution in [2.75, 3.05) is 14.1 Å². The minimum absolute atomic E-state index is 0. The van der Waals surface area contributed by atoms with E-state index in [1.54, 1.807) is 12.4 Å². The van der Waals surface area contributed by atoms with E-state index in [1.165, 1.54) is 0 Å². The molecular weight excluding hydrogens is 1460 g/mol. The molecule has 6 aliphatic rings. The molecule has 4 aliphatic carbocycles. The minimum atomic E-state index is -0.929. The van der Waals surface area contributed by atoms with Gasteiger partial charge >= 0.3 is 54.1 Å². The third kappa shape index (κ3) is 7.23. The van der Waals surface area contributed by atoms with Crippen molar-refractivity contribution >= 4 is 12.0 Å². The Kier molecular flexibility index (Phi) is 12.8. The number of benzene rings is 2. The number of aromatic nitrogens is 12. The topological polar surface area (TPSA) is 169 Å². The molecule has 0 saturated heterocycles. The van der Waals surface area contributed by atoms with Crippen molar-refractivity contribution < 1.29 is 60.4 Å². The van der Waals surface area contributed by atoms with Gasteiger partial charge in [0.05, 0.1) is 33.6 Å². The summed E-state index contributed by atoms with van der Waals surface area (Å²) in [6, 6.07) is 63.7. The number of hydrogen-bond acceptors (Lipinski definition) is 10. The molecule has 0 saturated carbocycles. The molecule has 0 fully saturated rings. The first-order valence-corrected chi connectivity index (χ1v) is 28.0. The summed E-state index contributed by atoms with van der Waals surface area (Å²) in [6.07, 6.45) is 26.1. The Balaban J connectivity index is 0.000000144. The van der Waals surface area contributed by atoms with Crippen LogP contribution in [0.15, 0.2) is 232 Å². The van der Waals surface area contributed by atoms with Crippen LogP contribution in [0.5, 0.6) is 0 Å². The molecule has 12 heterocycles. The first kappa shape index (κ1) is 54.3. The van der Waals surface area contributed by atoms with Gasteiger partial charge in [0.1, 0.15) is 22.8 Å². The smallest absolute Gasteiger partial charge is 0.581 e. The van der Waals surface area contributed by atoms with E-state index in [-0.39, 0.29) is 42.1 Å². The van der Waals surface area contributed by atoms with Crippen LogP contribution in [0.2, 0.25) is 0 Å². The molecule has 18 rings (SSSR count). The van der Waals surface area contributed by atoms with Gasteiger partial charge in [0.15, 0.2) is 14.1 Å². The first-order valence-electron chi connectivity index (χ1n) is 28.0. The van der Waals surface area contributed by atoms with Gasteiger partial charge in [-0.15, -0.1) is 11.1 Å². The Hall–Kier alpha value is -10.3. The fourth-order valence-electron chi connectivity index (χ4n) is 14.1. The fraction of sp³-hybridized carbons (Fsp3) is 0.0857. The van der Waals surface area contributed by atoms with Crippen LogP contribution in [0.25, 0.3) is 44.5 Å². The van der Waals surface area contributed by atoms with Gasteiger partial charge in [-0.05, 0) is 48.5 Å². The van der Waals surface area contributed by atoms with E-state index in [1.807, 2.05) is 158 Å². The monoisotopic (exact) mass is 1500 g/mol. The summed E-state index contributed by atoms with van der Waals surface area (Å²) in [4.78, 5) is 39.9. The van der Waals surface area contributed by atoms with Crippen LogP contribution in [0.1, 0.15) is 79.2 Å². The second-order valence-electron chi connectivity index (χ2n) is 21.7. The summed E-state index contributed by atoms with van der Waals surface area (Å²) in [5.41, 5.74) is 16.4. The average Bonchev–Trinajstić information content (AvgIpc) is 1.55. The van der Waals surface area contributed by atoms with Crippen molar-refractivity contribution in [3.05, 3.63) is 324 Å². The van der Waals surface area contributed by atoms with Crippen LogP contribution in [-0.2, 0) is 64.0 Å². The molecule has 12 aromatic rings. The van der Waals surface area contributed by atoms with E-state index in [0.29, 0.717) is 0 Å². The second-order valence-corrected chi connectivity index (χ2v) is 21.7. The van der Waals surface area contributed by atoms with Crippen molar-refractivity contribution in [2.24, 2.45) is 0 Å². The molecule has 18 heteroatoms. The number of pyridine rings is 8. The normalized spacial score (nSPS) is 15.8. The third-order valence-corrected chi connectivity index (χ3v) is 17.4. The maximum atomic E-state index is 5.00. The van der Waals surface area contributed by atoms with Gasteiger partial charge in [-0.1, -0.05) is 90.1 Å². The van der Waals surface area contributed by atoms with E-state index in [4.69, 9.17) is 39.9 Å². The third-order valence-electron chi connectivity index (χ3n) is 17.4. The van der Waals surface area contributed by atoms with Gasteiger partial charge in [-0.25, -0.2) is 0 Å². The van der Waals surface area contributed by atoms with Crippen molar-refractivity contribution in [2.45, 2.75) is 21.9 Å². The maximum Gasteiger partial charge on any atom is 2.00 e. The SMILES string of the molecule is C[N+]1=C=[N+](C2(c3[c-]c(C4(c5cc[n-]n5)c5ncccc5-c5cccnc54)ccc3)c3ncccc3-c3cccnc32)C=C1.C[N+]1=C=[N+](C2(c3[c-]c(C4(c5cc[n-]n5)c5ncccc5-c5cccnc54)ccc3)c3ncccc3-c3cccnc32)C=C1.[Pt+2].[Pt+2]. The van der Waals surface area contributed by atoms with Crippen molar-refractivity contribution in [3.8, 4) is 44.5 Å². The zero-order chi connectivity index (χ0) is 57.2. The van der Waals surface area contributed by atoms with E-state index >= 15 is 0 Å². The Morgan fingerprint density at radius 1 is 0.330 bits per heavy atom. The summed E-state index contributed by atoms with van der Waals surface area (Å²) in [5.74, 6) is 0. The molecule has 0 radical (unpaired) electrons. The average molecular weight is 1500 g/mol. The van der Waals surface area contributed by atoms with Gasteiger partial charge in [0.25, 0.3) is 11.1 Å². The van der Waals surface area contributed by atoms with Gasteiger partial charge < -0.3 is 20.4 Å². The Labute approximate surface area is 533 Å². The predicted octanol–water partition coefficient (Wildman–Crippen LogP) is 8.73. The summed E-state index contributed by atoms with van der Waals surface area (Å²) >= 11 is 0. The molecule has 16 nitrogen and oxygen atoms in total. The zero-order valence-corrected chi connectivity index (χ0v) is 51.3. The number of nitrogens with zero attached hydrogens (tertiary/aromatic N) is 16. The number of rotatable bonds is 8. The molecule has 2 aliphatic heterocycles. The number of hydrogen-bond donors (Lipinski definition) is 0. The van der Waals surface area contributed by atoms with Gasteiger partial charge in [0, 0.05) is 105 Å². The molecule has 0 bridgehead atoms. The molecule has 0 amide bonds. The minimum Gasteiger partial charge on any atom is -0.581 e. The van der Waals surface area contributed by atoms with Crippen LogP contribution in [-0.4, -0.2) is 94.5 Å². The van der Waals surface area contributed by atoms with Gasteiger partial charge in [-0.2, -0.15) is 60.9 Å². The van der Waals surface area contributed by atoms with Crippen molar-refractivity contribution in [1.82, 2.24) is 60.3 Å². The summed E-state index contributed by atoms with van der Waals surface area (Å²) < 4.78 is 7.95. The van der Waals surface area contributed by atoms with E-state index < -0.39 is 21.9 Å². The second kappa shape index (κ2) is 20.7. The van der Waals surface area contributed by atoms with Crippen LogP contribution < -0.4 is 10.2 Å². The first-order chi connectivity index (χ1) is 42.5. The van der Waals surface area contributed by atoms with E-state index in [2.05, 4.69) is 139 Å². The van der Waals surface area contributed by atoms with Crippen LogP contribution in [0.4, 0.5) is 0 Å². The van der Waals surface area contributed by atoms with Gasteiger partial charge in [-0.3, -0.25) is 39.9 Å².